The summed E-state index contributed by atoms with van der Waals surface area (Å²) < 4.78 is 0. The molecule has 5 nitrogen and oxygen atoms in total. The van der Waals surface area contributed by atoms with Crippen LogP contribution in [0.2, 0.25) is 0 Å². The van der Waals surface area contributed by atoms with Crippen LogP contribution in [0.25, 0.3) is 0 Å². The third-order valence-corrected chi connectivity index (χ3v) is 3.65. The lowest BCUT2D eigenvalue weighted by Gasteiger charge is -2.21. The van der Waals surface area contributed by atoms with Crippen LogP contribution in [-0.4, -0.2) is 28.0 Å². The number of rotatable bonds is 3. The summed E-state index contributed by atoms with van der Waals surface area (Å²) in [5.74, 6) is -0.666. The van der Waals surface area contributed by atoms with E-state index in [4.69, 9.17) is 23.2 Å². The van der Waals surface area contributed by atoms with Crippen molar-refractivity contribution in [3.63, 3.8) is 0 Å². The molecule has 1 aromatic rings. The number of aliphatic hydroxyl groups is 1. The first-order valence-corrected chi connectivity index (χ1v) is 6.56. The Morgan fingerprint density at radius 2 is 1.95 bits per heavy atom. The minimum Gasteiger partial charge on any atom is -0.368 e. The third kappa shape index (κ3) is 2.95. The molecule has 0 aromatic heterocycles. The van der Waals surface area contributed by atoms with Crippen molar-refractivity contribution in [2.24, 2.45) is 0 Å². The zero-order valence-corrected chi connectivity index (χ0v) is 12.1. The van der Waals surface area contributed by atoms with E-state index in [1.807, 2.05) is 0 Å². The number of hydrogen-bond acceptors (Lipinski definition) is 3. The summed E-state index contributed by atoms with van der Waals surface area (Å²) in [6.07, 6.45) is -1.22. The number of nitrogens with zero attached hydrogens (tertiary/aromatic N) is 1. The normalized spacial score (nSPS) is 18.7. The molecule has 0 aliphatic carbocycles. The number of halogens is 2. The molecule has 2 amide bonds. The van der Waals surface area contributed by atoms with Gasteiger partial charge in [-0.15, -0.1) is 0 Å². The predicted octanol–water partition coefficient (Wildman–Crippen LogP) is 1.99. The number of aliphatic hydroxyl groups excluding tert-OH is 1. The summed E-state index contributed by atoms with van der Waals surface area (Å²) in [5.41, 5.74) is 1.44. The van der Waals surface area contributed by atoms with Gasteiger partial charge in [-0.3, -0.25) is 9.59 Å². The summed E-state index contributed by atoms with van der Waals surface area (Å²) in [5, 5.41) is 12.2. The molecule has 0 saturated heterocycles. The lowest BCUT2D eigenvalue weighted by atomic mass is 10.2. The number of carbonyl (C=O) groups is 2. The zero-order valence-electron chi connectivity index (χ0n) is 10.6. The molecule has 1 heterocycles. The number of nitrogens with one attached hydrogen (secondary N) is 1. The maximum absolute atomic E-state index is 11.8. The topological polar surface area (TPSA) is 69.6 Å². The number of amides is 2. The average Bonchev–Trinajstić information content (AvgIpc) is 2.58. The van der Waals surface area contributed by atoms with Crippen molar-refractivity contribution in [2.75, 3.05) is 5.32 Å². The Kier molecular flexibility index (Phi) is 4.32. The van der Waals surface area contributed by atoms with Gasteiger partial charge < -0.3 is 15.3 Å². The van der Waals surface area contributed by atoms with E-state index < -0.39 is 12.1 Å². The minimum atomic E-state index is -1.22. The van der Waals surface area contributed by atoms with E-state index in [-0.39, 0.29) is 22.5 Å². The maximum atomic E-state index is 11.8. The average molecular weight is 315 g/mol. The van der Waals surface area contributed by atoms with Crippen LogP contribution < -0.4 is 5.32 Å². The van der Waals surface area contributed by atoms with E-state index >= 15 is 0 Å². The Morgan fingerprint density at radius 3 is 2.40 bits per heavy atom. The second kappa shape index (κ2) is 5.83. The van der Waals surface area contributed by atoms with Gasteiger partial charge >= 0.3 is 0 Å². The van der Waals surface area contributed by atoms with Gasteiger partial charge in [0.2, 0.25) is 5.91 Å². The molecule has 0 spiro atoms. The highest BCUT2D eigenvalue weighted by atomic mass is 35.5. The highest BCUT2D eigenvalue weighted by Gasteiger charge is 2.36. The fourth-order valence-corrected chi connectivity index (χ4v) is 2.25. The van der Waals surface area contributed by atoms with Crippen LogP contribution in [0.5, 0.6) is 0 Å². The highest BCUT2D eigenvalue weighted by Crippen LogP contribution is 2.31. The summed E-state index contributed by atoms with van der Waals surface area (Å²) in [6, 6.07) is 6.90. The van der Waals surface area contributed by atoms with Crippen LogP contribution in [0.1, 0.15) is 12.5 Å². The van der Waals surface area contributed by atoms with Gasteiger partial charge in [0.1, 0.15) is 5.03 Å². The van der Waals surface area contributed by atoms with Crippen LogP contribution in [0.3, 0.4) is 0 Å². The standard InChI is InChI=1S/C13H12Cl2N2O3/c1-7(18)16-9-4-2-8(3-5-9)6-17-12(19)10(14)11(15)13(17)20/h2-5,12,19H,6H2,1H3,(H,16,18). The molecule has 0 radical (unpaired) electrons. The molecular weight excluding hydrogens is 303 g/mol. The Morgan fingerprint density at radius 1 is 1.35 bits per heavy atom. The minimum absolute atomic E-state index is 0.0634. The summed E-state index contributed by atoms with van der Waals surface area (Å²) in [6.45, 7) is 1.59. The summed E-state index contributed by atoms with van der Waals surface area (Å²) >= 11 is 11.4. The number of benzene rings is 1. The van der Waals surface area contributed by atoms with Gasteiger partial charge in [-0.2, -0.15) is 0 Å². The number of carbonyl (C=O) groups excluding carboxylic acids is 2. The summed E-state index contributed by atoms with van der Waals surface area (Å²) in [7, 11) is 0. The lowest BCUT2D eigenvalue weighted by molar-refractivity contribution is -0.132. The Hall–Kier alpha value is -1.56. The third-order valence-electron chi connectivity index (χ3n) is 2.81. The first-order valence-electron chi connectivity index (χ1n) is 5.81. The van der Waals surface area contributed by atoms with E-state index in [0.29, 0.717) is 5.69 Å². The van der Waals surface area contributed by atoms with E-state index in [1.54, 1.807) is 24.3 Å². The van der Waals surface area contributed by atoms with Gasteiger partial charge in [-0.1, -0.05) is 35.3 Å². The first-order chi connectivity index (χ1) is 9.40. The second-order valence-electron chi connectivity index (χ2n) is 4.35. The SMILES string of the molecule is CC(=O)Nc1ccc(CN2C(=O)C(Cl)=C(Cl)C2O)cc1. The number of anilines is 1. The smallest absolute Gasteiger partial charge is 0.269 e. The van der Waals surface area contributed by atoms with E-state index in [0.717, 1.165) is 10.5 Å². The van der Waals surface area contributed by atoms with Crippen LogP contribution in [0.4, 0.5) is 5.69 Å². The van der Waals surface area contributed by atoms with Crippen molar-refractivity contribution in [1.29, 1.82) is 0 Å². The van der Waals surface area contributed by atoms with Gasteiger partial charge in [0.05, 0.1) is 5.03 Å². The van der Waals surface area contributed by atoms with Crippen molar-refractivity contribution in [3.05, 3.63) is 39.9 Å². The van der Waals surface area contributed by atoms with Crippen molar-refractivity contribution in [3.8, 4) is 0 Å². The summed E-state index contributed by atoms with van der Waals surface area (Å²) in [4.78, 5) is 23.8. The molecule has 20 heavy (non-hydrogen) atoms. The van der Waals surface area contributed by atoms with E-state index in [1.165, 1.54) is 6.92 Å². The molecule has 2 rings (SSSR count). The molecule has 106 valence electrons. The second-order valence-corrected chi connectivity index (χ2v) is 5.13. The van der Waals surface area contributed by atoms with Gasteiger partial charge in [0.15, 0.2) is 6.23 Å². The quantitative estimate of drug-likeness (QED) is 0.896. The van der Waals surface area contributed by atoms with Crippen LogP contribution in [0.15, 0.2) is 34.3 Å². The molecule has 1 atom stereocenters. The number of hydrogen-bond donors (Lipinski definition) is 2. The highest BCUT2D eigenvalue weighted by molar-refractivity contribution is 6.49. The Bertz CT molecular complexity index is 584. The van der Waals surface area contributed by atoms with Crippen molar-refractivity contribution in [1.82, 2.24) is 4.90 Å². The molecule has 7 heteroatoms. The van der Waals surface area contributed by atoms with E-state index in [2.05, 4.69) is 5.32 Å². The fraction of sp³-hybridized carbons (Fsp3) is 0.231. The van der Waals surface area contributed by atoms with Crippen molar-refractivity contribution in [2.45, 2.75) is 19.7 Å². The lowest BCUT2D eigenvalue weighted by Crippen LogP contribution is -2.34. The molecule has 1 aliphatic heterocycles. The van der Waals surface area contributed by atoms with Gasteiger partial charge in [0, 0.05) is 19.2 Å². The Balaban J connectivity index is 2.08. The molecule has 1 unspecified atom stereocenters. The molecule has 0 bridgehead atoms. The van der Waals surface area contributed by atoms with E-state index in [9.17, 15) is 14.7 Å². The largest absolute Gasteiger partial charge is 0.368 e. The van der Waals surface area contributed by atoms with Gasteiger partial charge in [-0.25, -0.2) is 0 Å². The molecule has 1 aliphatic rings. The zero-order chi connectivity index (χ0) is 14.9. The molecule has 2 N–H and O–H groups in total. The predicted molar refractivity (Wildman–Crippen MR) is 76.0 cm³/mol. The molecule has 0 fully saturated rings. The molecule has 1 aromatic carbocycles. The monoisotopic (exact) mass is 314 g/mol. The Labute approximate surface area is 125 Å². The fourth-order valence-electron chi connectivity index (χ4n) is 1.84. The van der Waals surface area contributed by atoms with Crippen molar-refractivity contribution < 1.29 is 14.7 Å². The van der Waals surface area contributed by atoms with Crippen LogP contribution >= 0.6 is 23.2 Å². The first kappa shape index (κ1) is 14.8. The van der Waals surface area contributed by atoms with Crippen LogP contribution in [-0.2, 0) is 16.1 Å². The maximum Gasteiger partial charge on any atom is 0.269 e. The van der Waals surface area contributed by atoms with Crippen LogP contribution in [0, 0.1) is 0 Å². The van der Waals surface area contributed by atoms with Gasteiger partial charge in [-0.05, 0) is 17.7 Å². The molecular formula is C13H12Cl2N2O3. The van der Waals surface area contributed by atoms with Gasteiger partial charge in [0.25, 0.3) is 5.91 Å². The van der Waals surface area contributed by atoms with Crippen molar-refractivity contribution >= 4 is 40.7 Å². The molecule has 0 saturated carbocycles.